The molecule has 0 radical (unpaired) electrons. The number of hydrogen-bond acceptors (Lipinski definition) is 4. The van der Waals surface area contributed by atoms with Gasteiger partial charge in [-0.3, -0.25) is 4.79 Å². The molecule has 1 saturated heterocycles. The van der Waals surface area contributed by atoms with Gasteiger partial charge in [0.15, 0.2) is 0 Å². The number of nitrogens with zero attached hydrogens (tertiary/aromatic N) is 2. The SMILES string of the molecule is COc1cccc(NC(=O)c2cc(S(=O)(=O)N3CCCC3)c(C)n2C)c1. The Balaban J connectivity index is 1.90. The van der Waals surface area contributed by atoms with Crippen molar-refractivity contribution in [3.63, 3.8) is 0 Å². The van der Waals surface area contributed by atoms with E-state index in [1.165, 1.54) is 10.4 Å². The van der Waals surface area contributed by atoms with E-state index in [4.69, 9.17) is 4.74 Å². The Bertz CT molecular complexity index is 928. The highest BCUT2D eigenvalue weighted by atomic mass is 32.2. The average Bonchev–Trinajstić information content (AvgIpc) is 3.25. The third-order valence-electron chi connectivity index (χ3n) is 4.73. The van der Waals surface area contributed by atoms with Gasteiger partial charge in [0.25, 0.3) is 5.91 Å². The number of carbonyl (C=O) groups is 1. The van der Waals surface area contributed by atoms with Crippen molar-refractivity contribution in [3.05, 3.63) is 41.7 Å². The number of hydrogen-bond donors (Lipinski definition) is 1. The maximum absolute atomic E-state index is 12.8. The molecule has 0 bridgehead atoms. The van der Waals surface area contributed by atoms with Crippen molar-refractivity contribution in [3.8, 4) is 5.75 Å². The van der Waals surface area contributed by atoms with E-state index in [1.54, 1.807) is 49.9 Å². The number of methoxy groups -OCH3 is 1. The van der Waals surface area contributed by atoms with Crippen molar-refractivity contribution in [2.24, 2.45) is 7.05 Å². The average molecular weight is 377 g/mol. The van der Waals surface area contributed by atoms with Gasteiger partial charge in [-0.05, 0) is 38.0 Å². The van der Waals surface area contributed by atoms with Crippen LogP contribution in [0.4, 0.5) is 5.69 Å². The van der Waals surface area contributed by atoms with Gasteiger partial charge in [0, 0.05) is 37.6 Å². The summed E-state index contributed by atoms with van der Waals surface area (Å²) in [7, 11) is -0.330. The number of rotatable bonds is 5. The monoisotopic (exact) mass is 377 g/mol. The highest BCUT2D eigenvalue weighted by Gasteiger charge is 2.31. The number of carbonyl (C=O) groups excluding carboxylic acids is 1. The number of anilines is 1. The topological polar surface area (TPSA) is 80.6 Å². The summed E-state index contributed by atoms with van der Waals surface area (Å²) in [6, 6.07) is 8.46. The molecule has 7 nitrogen and oxygen atoms in total. The summed E-state index contributed by atoms with van der Waals surface area (Å²) in [5, 5.41) is 2.79. The van der Waals surface area contributed by atoms with Crippen molar-refractivity contribution in [2.45, 2.75) is 24.7 Å². The fraction of sp³-hybridized carbons (Fsp3) is 0.389. The highest BCUT2D eigenvalue weighted by Crippen LogP contribution is 2.26. The van der Waals surface area contributed by atoms with Gasteiger partial charge in [0.2, 0.25) is 10.0 Å². The Labute approximate surface area is 153 Å². The number of aromatic nitrogens is 1. The first-order chi connectivity index (χ1) is 12.3. The van der Waals surface area contributed by atoms with E-state index >= 15 is 0 Å². The minimum Gasteiger partial charge on any atom is -0.497 e. The maximum atomic E-state index is 12.8. The van der Waals surface area contributed by atoms with Crippen molar-refractivity contribution in [2.75, 3.05) is 25.5 Å². The van der Waals surface area contributed by atoms with Crippen molar-refractivity contribution in [1.82, 2.24) is 8.87 Å². The molecule has 26 heavy (non-hydrogen) atoms. The van der Waals surface area contributed by atoms with E-state index in [9.17, 15) is 13.2 Å². The molecule has 1 amide bonds. The molecule has 8 heteroatoms. The molecule has 1 fully saturated rings. The lowest BCUT2D eigenvalue weighted by Gasteiger charge is -2.15. The zero-order valence-corrected chi connectivity index (χ0v) is 16.0. The van der Waals surface area contributed by atoms with E-state index < -0.39 is 10.0 Å². The number of ether oxygens (including phenoxy) is 1. The van der Waals surface area contributed by atoms with Gasteiger partial charge in [-0.2, -0.15) is 4.31 Å². The second-order valence-electron chi connectivity index (χ2n) is 6.34. The molecule has 3 rings (SSSR count). The molecule has 1 aromatic carbocycles. The molecule has 0 unspecified atom stereocenters. The first-order valence-corrected chi connectivity index (χ1v) is 9.90. The van der Waals surface area contributed by atoms with Crippen LogP contribution < -0.4 is 10.1 Å². The summed E-state index contributed by atoms with van der Waals surface area (Å²) in [5.41, 5.74) is 1.42. The molecule has 0 aliphatic carbocycles. The van der Waals surface area contributed by atoms with Gasteiger partial charge in [-0.1, -0.05) is 6.07 Å². The Morgan fingerprint density at radius 2 is 1.88 bits per heavy atom. The predicted molar refractivity (Wildman–Crippen MR) is 99.1 cm³/mol. The highest BCUT2D eigenvalue weighted by molar-refractivity contribution is 7.89. The summed E-state index contributed by atoms with van der Waals surface area (Å²) in [5.74, 6) is 0.259. The molecule has 1 aliphatic heterocycles. The van der Waals surface area contributed by atoms with Gasteiger partial charge in [0.1, 0.15) is 16.3 Å². The molecule has 0 atom stereocenters. The van der Waals surface area contributed by atoms with Crippen LogP contribution in [0, 0.1) is 6.92 Å². The first kappa shape index (κ1) is 18.5. The van der Waals surface area contributed by atoms with Gasteiger partial charge < -0.3 is 14.6 Å². The van der Waals surface area contributed by atoms with Crippen LogP contribution in [0.2, 0.25) is 0 Å². The summed E-state index contributed by atoms with van der Waals surface area (Å²) in [6.07, 6.45) is 1.74. The lowest BCUT2D eigenvalue weighted by atomic mass is 10.3. The quantitative estimate of drug-likeness (QED) is 0.867. The molecule has 1 aliphatic rings. The van der Waals surface area contributed by atoms with Crippen LogP contribution in [0.5, 0.6) is 5.75 Å². The fourth-order valence-electron chi connectivity index (χ4n) is 3.11. The second-order valence-corrected chi connectivity index (χ2v) is 8.24. The second kappa shape index (κ2) is 7.13. The van der Waals surface area contributed by atoms with Crippen LogP contribution >= 0.6 is 0 Å². The van der Waals surface area contributed by atoms with Crippen LogP contribution in [0.25, 0.3) is 0 Å². The van der Waals surface area contributed by atoms with Gasteiger partial charge >= 0.3 is 0 Å². The molecule has 0 spiro atoms. The Morgan fingerprint density at radius 3 is 2.54 bits per heavy atom. The molecule has 140 valence electrons. The lowest BCUT2D eigenvalue weighted by Crippen LogP contribution is -2.28. The van der Waals surface area contributed by atoms with Crippen LogP contribution in [-0.4, -0.2) is 43.4 Å². The van der Waals surface area contributed by atoms with Crippen molar-refractivity contribution >= 4 is 21.6 Å². The third-order valence-corrected chi connectivity index (χ3v) is 6.75. The van der Waals surface area contributed by atoms with Crippen molar-refractivity contribution in [1.29, 1.82) is 0 Å². The third kappa shape index (κ3) is 3.34. The molecule has 0 saturated carbocycles. The van der Waals surface area contributed by atoms with E-state index in [1.807, 2.05) is 0 Å². The summed E-state index contributed by atoms with van der Waals surface area (Å²) in [4.78, 5) is 12.9. The summed E-state index contributed by atoms with van der Waals surface area (Å²) >= 11 is 0. The van der Waals surface area contributed by atoms with Crippen LogP contribution in [-0.2, 0) is 17.1 Å². The number of benzene rings is 1. The Kier molecular flexibility index (Phi) is 5.06. The molecule has 1 aromatic heterocycles. The molecule has 1 N–H and O–H groups in total. The van der Waals surface area contributed by atoms with Crippen molar-refractivity contribution < 1.29 is 17.9 Å². The lowest BCUT2D eigenvalue weighted by molar-refractivity contribution is 0.101. The minimum atomic E-state index is -3.58. The van der Waals surface area contributed by atoms with E-state index in [0.717, 1.165) is 12.8 Å². The molecular weight excluding hydrogens is 354 g/mol. The van der Waals surface area contributed by atoms with Gasteiger partial charge in [-0.25, -0.2) is 8.42 Å². The minimum absolute atomic E-state index is 0.192. The molecule has 2 aromatic rings. The normalized spacial score (nSPS) is 15.2. The Morgan fingerprint density at radius 1 is 1.19 bits per heavy atom. The smallest absolute Gasteiger partial charge is 0.272 e. The number of amides is 1. The first-order valence-electron chi connectivity index (χ1n) is 8.46. The fourth-order valence-corrected chi connectivity index (χ4v) is 4.90. The molecular formula is C18H23N3O4S. The predicted octanol–water partition coefficient (Wildman–Crippen LogP) is 2.38. The largest absolute Gasteiger partial charge is 0.497 e. The standard InChI is InChI=1S/C18H23N3O4S/c1-13-17(26(23,24)21-9-4-5-10-21)12-16(20(13)2)18(22)19-14-7-6-8-15(11-14)25-3/h6-8,11-12H,4-5,9-10H2,1-3H3,(H,19,22). The number of nitrogens with one attached hydrogen (secondary N) is 1. The van der Waals surface area contributed by atoms with E-state index in [-0.39, 0.29) is 10.8 Å². The van der Waals surface area contributed by atoms with E-state index in [2.05, 4.69) is 5.32 Å². The summed E-state index contributed by atoms with van der Waals surface area (Å²) in [6.45, 7) is 2.77. The zero-order chi connectivity index (χ0) is 18.9. The zero-order valence-electron chi connectivity index (χ0n) is 15.2. The van der Waals surface area contributed by atoms with Crippen LogP contribution in [0.1, 0.15) is 29.0 Å². The van der Waals surface area contributed by atoms with Crippen LogP contribution in [0.3, 0.4) is 0 Å². The Hall–Kier alpha value is -2.32. The molecule has 2 heterocycles. The van der Waals surface area contributed by atoms with Gasteiger partial charge in [-0.15, -0.1) is 0 Å². The van der Waals surface area contributed by atoms with E-state index in [0.29, 0.717) is 35.9 Å². The maximum Gasteiger partial charge on any atom is 0.272 e. The van der Waals surface area contributed by atoms with Crippen LogP contribution in [0.15, 0.2) is 35.2 Å². The van der Waals surface area contributed by atoms with Gasteiger partial charge in [0.05, 0.1) is 7.11 Å². The summed E-state index contributed by atoms with van der Waals surface area (Å²) < 4.78 is 33.9. The number of sulfonamides is 1.